The molecule has 1 rings (SSSR count). The Morgan fingerprint density at radius 3 is 2.73 bits per heavy atom. The van der Waals surface area contributed by atoms with Crippen LogP contribution in [-0.4, -0.2) is 22.7 Å². The molecule has 0 aliphatic rings. The highest BCUT2D eigenvalue weighted by molar-refractivity contribution is 5.75. The molecular formula is C11H15NO3. The molecule has 1 aromatic rings. The number of aromatic hydroxyl groups is 1. The summed E-state index contributed by atoms with van der Waals surface area (Å²) in [7, 11) is 0. The van der Waals surface area contributed by atoms with E-state index >= 15 is 0 Å². The van der Waals surface area contributed by atoms with E-state index in [4.69, 9.17) is 5.11 Å². The zero-order valence-corrected chi connectivity index (χ0v) is 8.44. The SMILES string of the molecule is O=C(CCCO)NCc1ccccc1O. The zero-order valence-electron chi connectivity index (χ0n) is 8.44. The minimum atomic E-state index is -0.118. The van der Waals surface area contributed by atoms with Gasteiger partial charge in [0.05, 0.1) is 0 Å². The van der Waals surface area contributed by atoms with Crippen LogP contribution >= 0.6 is 0 Å². The number of aliphatic hydroxyl groups is 1. The molecule has 3 N–H and O–H groups in total. The maximum Gasteiger partial charge on any atom is 0.220 e. The molecule has 4 heteroatoms. The molecule has 0 saturated heterocycles. The molecule has 0 unspecified atom stereocenters. The third-order valence-corrected chi connectivity index (χ3v) is 2.03. The van der Waals surface area contributed by atoms with Crippen LogP contribution in [0.3, 0.4) is 0 Å². The summed E-state index contributed by atoms with van der Waals surface area (Å²) < 4.78 is 0. The molecule has 1 aromatic carbocycles. The van der Waals surface area contributed by atoms with Crippen molar-refractivity contribution in [1.29, 1.82) is 0 Å². The van der Waals surface area contributed by atoms with Crippen LogP contribution in [0.1, 0.15) is 18.4 Å². The number of carbonyl (C=O) groups excluding carboxylic acids is 1. The summed E-state index contributed by atoms with van der Waals surface area (Å²) in [5.41, 5.74) is 0.690. The first kappa shape index (κ1) is 11.5. The fourth-order valence-corrected chi connectivity index (χ4v) is 1.18. The van der Waals surface area contributed by atoms with Crippen molar-refractivity contribution >= 4 is 5.91 Å². The van der Waals surface area contributed by atoms with E-state index in [1.54, 1.807) is 24.3 Å². The smallest absolute Gasteiger partial charge is 0.220 e. The van der Waals surface area contributed by atoms with E-state index in [0.29, 0.717) is 24.9 Å². The molecule has 0 bridgehead atoms. The molecule has 0 radical (unpaired) electrons. The number of amides is 1. The van der Waals surface area contributed by atoms with Crippen LogP contribution in [0.2, 0.25) is 0 Å². The van der Waals surface area contributed by atoms with E-state index in [-0.39, 0.29) is 18.3 Å². The summed E-state index contributed by atoms with van der Waals surface area (Å²) in [6, 6.07) is 6.86. The molecule has 15 heavy (non-hydrogen) atoms. The van der Waals surface area contributed by atoms with Crippen LogP contribution in [0.5, 0.6) is 5.75 Å². The van der Waals surface area contributed by atoms with Crippen LogP contribution in [0.25, 0.3) is 0 Å². The van der Waals surface area contributed by atoms with Crippen LogP contribution < -0.4 is 5.32 Å². The van der Waals surface area contributed by atoms with Gasteiger partial charge in [0.1, 0.15) is 5.75 Å². The van der Waals surface area contributed by atoms with Gasteiger partial charge in [-0.3, -0.25) is 4.79 Å². The van der Waals surface area contributed by atoms with Crippen LogP contribution in [0.15, 0.2) is 24.3 Å². The number of hydrogen-bond acceptors (Lipinski definition) is 3. The second kappa shape index (κ2) is 6.03. The summed E-state index contributed by atoms with van der Waals surface area (Å²) >= 11 is 0. The number of phenols is 1. The highest BCUT2D eigenvalue weighted by atomic mass is 16.3. The average Bonchev–Trinajstić information content (AvgIpc) is 2.25. The number of benzene rings is 1. The summed E-state index contributed by atoms with van der Waals surface area (Å²) in [6.45, 7) is 0.334. The lowest BCUT2D eigenvalue weighted by Gasteiger charge is -2.06. The number of carbonyl (C=O) groups is 1. The van der Waals surface area contributed by atoms with Gasteiger partial charge in [-0.2, -0.15) is 0 Å². The second-order valence-electron chi connectivity index (χ2n) is 3.23. The first-order chi connectivity index (χ1) is 7.24. The quantitative estimate of drug-likeness (QED) is 0.671. The Morgan fingerprint density at radius 1 is 1.33 bits per heavy atom. The highest BCUT2D eigenvalue weighted by Gasteiger charge is 2.02. The van der Waals surface area contributed by atoms with Crippen molar-refractivity contribution in [3.63, 3.8) is 0 Å². The van der Waals surface area contributed by atoms with Gasteiger partial charge in [0, 0.05) is 25.1 Å². The van der Waals surface area contributed by atoms with E-state index in [1.807, 2.05) is 0 Å². The summed E-state index contributed by atoms with van der Waals surface area (Å²) in [4.78, 5) is 11.2. The Labute approximate surface area is 88.6 Å². The molecule has 0 spiro atoms. The molecule has 4 nitrogen and oxygen atoms in total. The van der Waals surface area contributed by atoms with Crippen molar-refractivity contribution in [3.8, 4) is 5.75 Å². The van der Waals surface area contributed by atoms with Crippen molar-refractivity contribution in [3.05, 3.63) is 29.8 Å². The second-order valence-corrected chi connectivity index (χ2v) is 3.23. The Bertz CT molecular complexity index is 325. The fourth-order valence-electron chi connectivity index (χ4n) is 1.18. The topological polar surface area (TPSA) is 69.6 Å². The molecular weight excluding hydrogens is 194 g/mol. The van der Waals surface area contributed by atoms with Crippen LogP contribution in [0.4, 0.5) is 0 Å². The van der Waals surface area contributed by atoms with Gasteiger partial charge in [-0.25, -0.2) is 0 Å². The van der Waals surface area contributed by atoms with Crippen molar-refractivity contribution in [1.82, 2.24) is 5.32 Å². The van der Waals surface area contributed by atoms with E-state index in [9.17, 15) is 9.90 Å². The van der Waals surface area contributed by atoms with Gasteiger partial charge < -0.3 is 15.5 Å². The lowest BCUT2D eigenvalue weighted by Crippen LogP contribution is -2.22. The van der Waals surface area contributed by atoms with Crippen molar-refractivity contribution in [2.45, 2.75) is 19.4 Å². The van der Waals surface area contributed by atoms with Gasteiger partial charge in [0.25, 0.3) is 0 Å². The van der Waals surface area contributed by atoms with Gasteiger partial charge >= 0.3 is 0 Å². The minimum absolute atomic E-state index is 0.0179. The van der Waals surface area contributed by atoms with Crippen molar-refractivity contribution < 1.29 is 15.0 Å². The Kier molecular flexibility index (Phi) is 4.63. The predicted molar refractivity (Wildman–Crippen MR) is 56.3 cm³/mol. The van der Waals surface area contributed by atoms with Gasteiger partial charge in [-0.15, -0.1) is 0 Å². The van der Waals surface area contributed by atoms with Gasteiger partial charge in [0.2, 0.25) is 5.91 Å². The molecule has 1 amide bonds. The van der Waals surface area contributed by atoms with E-state index in [2.05, 4.69) is 5.32 Å². The first-order valence-corrected chi connectivity index (χ1v) is 4.88. The van der Waals surface area contributed by atoms with Gasteiger partial charge in [0.15, 0.2) is 0 Å². The molecule has 0 aliphatic heterocycles. The van der Waals surface area contributed by atoms with Crippen LogP contribution in [0, 0.1) is 0 Å². The molecule has 0 aliphatic carbocycles. The van der Waals surface area contributed by atoms with E-state index in [1.165, 1.54) is 0 Å². The number of nitrogens with one attached hydrogen (secondary N) is 1. The number of hydrogen-bond donors (Lipinski definition) is 3. The van der Waals surface area contributed by atoms with E-state index in [0.717, 1.165) is 0 Å². The maximum absolute atomic E-state index is 11.2. The largest absolute Gasteiger partial charge is 0.508 e. The van der Waals surface area contributed by atoms with Crippen molar-refractivity contribution in [2.24, 2.45) is 0 Å². The Balaban J connectivity index is 2.37. The molecule has 82 valence electrons. The maximum atomic E-state index is 11.2. The third kappa shape index (κ3) is 3.99. The Hall–Kier alpha value is -1.55. The number of aliphatic hydroxyl groups excluding tert-OH is 1. The molecule has 0 heterocycles. The number of phenolic OH excluding ortho intramolecular Hbond substituents is 1. The lowest BCUT2D eigenvalue weighted by molar-refractivity contribution is -0.121. The Morgan fingerprint density at radius 2 is 2.07 bits per heavy atom. The summed E-state index contributed by atoms with van der Waals surface area (Å²) in [6.07, 6.45) is 0.775. The molecule has 0 fully saturated rings. The first-order valence-electron chi connectivity index (χ1n) is 4.88. The minimum Gasteiger partial charge on any atom is -0.508 e. The summed E-state index contributed by atoms with van der Waals surface area (Å²) in [5.74, 6) is 0.0623. The number of para-hydroxylation sites is 1. The van der Waals surface area contributed by atoms with Gasteiger partial charge in [-0.1, -0.05) is 18.2 Å². The van der Waals surface area contributed by atoms with Gasteiger partial charge in [-0.05, 0) is 12.5 Å². The molecule has 0 saturated carbocycles. The zero-order chi connectivity index (χ0) is 11.1. The normalized spacial score (nSPS) is 9.93. The lowest BCUT2D eigenvalue weighted by atomic mass is 10.2. The van der Waals surface area contributed by atoms with Crippen molar-refractivity contribution in [2.75, 3.05) is 6.61 Å². The molecule has 0 atom stereocenters. The average molecular weight is 209 g/mol. The molecule has 0 aromatic heterocycles. The predicted octanol–water partition coefficient (Wildman–Crippen LogP) is 0.781. The third-order valence-electron chi connectivity index (χ3n) is 2.03. The van der Waals surface area contributed by atoms with Crippen LogP contribution in [-0.2, 0) is 11.3 Å². The highest BCUT2D eigenvalue weighted by Crippen LogP contribution is 2.14. The monoisotopic (exact) mass is 209 g/mol. The number of rotatable bonds is 5. The van der Waals surface area contributed by atoms with E-state index < -0.39 is 0 Å². The fraction of sp³-hybridized carbons (Fsp3) is 0.364. The standard InChI is InChI=1S/C11H15NO3/c13-7-3-6-11(15)12-8-9-4-1-2-5-10(9)14/h1-2,4-5,13-14H,3,6-8H2,(H,12,15). The summed E-state index contributed by atoms with van der Waals surface area (Å²) in [5, 5.41) is 20.6.